The van der Waals surface area contributed by atoms with E-state index in [9.17, 15) is 0 Å². The molecule has 18 heavy (non-hydrogen) atoms. The standard InChI is InChI=1S/C14H18ClN3/c1-14(2,3)10-16-12-7-4-6-11(15)13(12)18-9-5-8-17-18/h4-9,16H,10H2,1-3H3. The molecule has 0 spiro atoms. The molecule has 2 rings (SSSR count). The van der Waals surface area contributed by atoms with E-state index < -0.39 is 0 Å². The van der Waals surface area contributed by atoms with Crippen LogP contribution in [0.4, 0.5) is 5.69 Å². The van der Waals surface area contributed by atoms with Crippen LogP contribution in [0.1, 0.15) is 20.8 Å². The zero-order chi connectivity index (χ0) is 13.2. The first-order chi connectivity index (χ1) is 8.47. The first kappa shape index (κ1) is 13.0. The summed E-state index contributed by atoms with van der Waals surface area (Å²) in [6.07, 6.45) is 3.64. The van der Waals surface area contributed by atoms with Gasteiger partial charge in [-0.05, 0) is 23.6 Å². The summed E-state index contributed by atoms with van der Waals surface area (Å²) in [5.74, 6) is 0. The van der Waals surface area contributed by atoms with Gasteiger partial charge in [0.05, 0.1) is 10.7 Å². The molecule has 0 bridgehead atoms. The van der Waals surface area contributed by atoms with E-state index in [1.807, 2.05) is 30.5 Å². The molecule has 0 radical (unpaired) electrons. The predicted octanol–water partition coefficient (Wildman–Crippen LogP) is 3.98. The largest absolute Gasteiger partial charge is 0.383 e. The molecule has 0 aliphatic heterocycles. The third kappa shape index (κ3) is 3.05. The van der Waals surface area contributed by atoms with Crippen molar-refractivity contribution >= 4 is 17.3 Å². The van der Waals surface area contributed by atoms with Gasteiger partial charge in [0.2, 0.25) is 0 Å². The number of benzene rings is 1. The SMILES string of the molecule is CC(C)(C)CNc1cccc(Cl)c1-n1cccn1. The number of hydrogen-bond acceptors (Lipinski definition) is 2. The average Bonchev–Trinajstić information content (AvgIpc) is 2.78. The molecule has 0 amide bonds. The highest BCUT2D eigenvalue weighted by Gasteiger charge is 2.13. The monoisotopic (exact) mass is 263 g/mol. The minimum atomic E-state index is 0.212. The molecule has 0 aliphatic rings. The van der Waals surface area contributed by atoms with Crippen molar-refractivity contribution in [1.82, 2.24) is 9.78 Å². The summed E-state index contributed by atoms with van der Waals surface area (Å²) < 4.78 is 1.79. The van der Waals surface area contributed by atoms with Crippen LogP contribution in [-0.2, 0) is 0 Å². The van der Waals surface area contributed by atoms with E-state index in [0.717, 1.165) is 17.9 Å². The van der Waals surface area contributed by atoms with E-state index in [-0.39, 0.29) is 5.41 Å². The molecule has 3 nitrogen and oxygen atoms in total. The van der Waals surface area contributed by atoms with Crippen LogP contribution in [0.15, 0.2) is 36.7 Å². The number of aromatic nitrogens is 2. The fourth-order valence-corrected chi connectivity index (χ4v) is 1.91. The highest BCUT2D eigenvalue weighted by atomic mass is 35.5. The maximum Gasteiger partial charge on any atom is 0.106 e. The van der Waals surface area contributed by atoms with Crippen molar-refractivity contribution in [3.63, 3.8) is 0 Å². The molecule has 96 valence electrons. The van der Waals surface area contributed by atoms with Gasteiger partial charge < -0.3 is 5.32 Å². The molecule has 4 heteroatoms. The Morgan fingerprint density at radius 3 is 2.67 bits per heavy atom. The lowest BCUT2D eigenvalue weighted by Gasteiger charge is -2.21. The Bertz CT molecular complexity index is 512. The number of anilines is 1. The molecule has 0 fully saturated rings. The number of nitrogens with one attached hydrogen (secondary N) is 1. The summed E-state index contributed by atoms with van der Waals surface area (Å²) in [6.45, 7) is 7.45. The Kier molecular flexibility index (Phi) is 3.62. The highest BCUT2D eigenvalue weighted by Crippen LogP contribution is 2.28. The molecule has 1 aromatic heterocycles. The molecular formula is C14H18ClN3. The number of para-hydroxylation sites is 1. The third-order valence-electron chi connectivity index (χ3n) is 2.53. The van der Waals surface area contributed by atoms with Crippen molar-refractivity contribution in [1.29, 1.82) is 0 Å². The Morgan fingerprint density at radius 1 is 1.28 bits per heavy atom. The second kappa shape index (κ2) is 5.02. The summed E-state index contributed by atoms with van der Waals surface area (Å²) in [5.41, 5.74) is 2.11. The minimum Gasteiger partial charge on any atom is -0.383 e. The normalized spacial score (nSPS) is 11.6. The fourth-order valence-electron chi connectivity index (χ4n) is 1.65. The summed E-state index contributed by atoms with van der Waals surface area (Å²) >= 11 is 6.27. The van der Waals surface area contributed by atoms with Crippen LogP contribution >= 0.6 is 11.6 Å². The summed E-state index contributed by atoms with van der Waals surface area (Å²) in [7, 11) is 0. The average molecular weight is 264 g/mol. The van der Waals surface area contributed by atoms with Gasteiger partial charge in [-0.25, -0.2) is 4.68 Å². The lowest BCUT2D eigenvalue weighted by atomic mass is 9.97. The Balaban J connectivity index is 2.33. The lowest BCUT2D eigenvalue weighted by molar-refractivity contribution is 0.443. The summed E-state index contributed by atoms with van der Waals surface area (Å²) in [4.78, 5) is 0. The minimum absolute atomic E-state index is 0.212. The van der Waals surface area contributed by atoms with Gasteiger partial charge in [0.1, 0.15) is 5.69 Å². The second-order valence-electron chi connectivity index (χ2n) is 5.50. The van der Waals surface area contributed by atoms with Crippen LogP contribution in [-0.4, -0.2) is 16.3 Å². The van der Waals surface area contributed by atoms with Crippen molar-refractivity contribution < 1.29 is 0 Å². The van der Waals surface area contributed by atoms with E-state index in [2.05, 4.69) is 31.2 Å². The van der Waals surface area contributed by atoms with E-state index in [1.54, 1.807) is 10.9 Å². The van der Waals surface area contributed by atoms with Gasteiger partial charge >= 0.3 is 0 Å². The van der Waals surface area contributed by atoms with Gasteiger partial charge in [-0.15, -0.1) is 0 Å². The van der Waals surface area contributed by atoms with E-state index in [1.165, 1.54) is 0 Å². The zero-order valence-electron chi connectivity index (χ0n) is 10.9. The Labute approximate surface area is 113 Å². The van der Waals surface area contributed by atoms with Crippen molar-refractivity contribution in [2.45, 2.75) is 20.8 Å². The van der Waals surface area contributed by atoms with Gasteiger partial charge in [-0.2, -0.15) is 5.10 Å². The van der Waals surface area contributed by atoms with Crippen LogP contribution in [0.5, 0.6) is 0 Å². The molecule has 0 aliphatic carbocycles. The quantitative estimate of drug-likeness (QED) is 0.908. The van der Waals surface area contributed by atoms with E-state index >= 15 is 0 Å². The molecule has 1 heterocycles. The molecule has 0 saturated carbocycles. The molecular weight excluding hydrogens is 246 g/mol. The molecule has 1 N–H and O–H groups in total. The molecule has 1 aromatic carbocycles. The predicted molar refractivity (Wildman–Crippen MR) is 76.5 cm³/mol. The second-order valence-corrected chi connectivity index (χ2v) is 5.91. The summed E-state index contributed by atoms with van der Waals surface area (Å²) in [5, 5.41) is 8.37. The van der Waals surface area contributed by atoms with Gasteiger partial charge in [0, 0.05) is 18.9 Å². The first-order valence-corrected chi connectivity index (χ1v) is 6.37. The van der Waals surface area contributed by atoms with Crippen molar-refractivity contribution in [3.05, 3.63) is 41.7 Å². The first-order valence-electron chi connectivity index (χ1n) is 6.00. The number of rotatable bonds is 3. The molecule has 0 atom stereocenters. The lowest BCUT2D eigenvalue weighted by Crippen LogP contribution is -2.20. The third-order valence-corrected chi connectivity index (χ3v) is 2.83. The Hall–Kier alpha value is -1.48. The van der Waals surface area contributed by atoms with Crippen LogP contribution in [0.25, 0.3) is 5.69 Å². The van der Waals surface area contributed by atoms with Crippen LogP contribution in [0.2, 0.25) is 5.02 Å². The van der Waals surface area contributed by atoms with Crippen molar-refractivity contribution in [3.8, 4) is 5.69 Å². The highest BCUT2D eigenvalue weighted by molar-refractivity contribution is 6.33. The van der Waals surface area contributed by atoms with E-state index in [4.69, 9.17) is 11.6 Å². The van der Waals surface area contributed by atoms with Crippen molar-refractivity contribution in [2.24, 2.45) is 5.41 Å². The zero-order valence-corrected chi connectivity index (χ0v) is 11.7. The van der Waals surface area contributed by atoms with Gasteiger partial charge in [-0.1, -0.05) is 38.4 Å². The Morgan fingerprint density at radius 2 is 2.06 bits per heavy atom. The van der Waals surface area contributed by atoms with Gasteiger partial charge in [0.25, 0.3) is 0 Å². The van der Waals surface area contributed by atoms with Crippen LogP contribution < -0.4 is 5.32 Å². The smallest absolute Gasteiger partial charge is 0.106 e. The summed E-state index contributed by atoms with van der Waals surface area (Å²) in [6, 6.07) is 7.73. The van der Waals surface area contributed by atoms with E-state index in [0.29, 0.717) is 5.02 Å². The number of hydrogen-bond donors (Lipinski definition) is 1. The van der Waals surface area contributed by atoms with Gasteiger partial charge in [-0.3, -0.25) is 0 Å². The topological polar surface area (TPSA) is 29.9 Å². The molecule has 0 saturated heterocycles. The van der Waals surface area contributed by atoms with Crippen LogP contribution in [0, 0.1) is 5.41 Å². The van der Waals surface area contributed by atoms with Gasteiger partial charge in [0.15, 0.2) is 0 Å². The number of halogens is 1. The van der Waals surface area contributed by atoms with Crippen LogP contribution in [0.3, 0.4) is 0 Å². The van der Waals surface area contributed by atoms with Crippen molar-refractivity contribution in [2.75, 3.05) is 11.9 Å². The number of nitrogens with zero attached hydrogens (tertiary/aromatic N) is 2. The maximum atomic E-state index is 6.27. The fraction of sp³-hybridized carbons (Fsp3) is 0.357. The molecule has 2 aromatic rings. The molecule has 0 unspecified atom stereocenters. The maximum absolute atomic E-state index is 6.27.